The van der Waals surface area contributed by atoms with Crippen LogP contribution in [0.3, 0.4) is 0 Å². The highest BCUT2D eigenvalue weighted by Gasteiger charge is 2.14. The highest BCUT2D eigenvalue weighted by atomic mass is 16.1. The van der Waals surface area contributed by atoms with Crippen molar-refractivity contribution in [3.63, 3.8) is 0 Å². The Kier molecular flexibility index (Phi) is 2.94. The van der Waals surface area contributed by atoms with E-state index in [0.717, 1.165) is 23.2 Å². The monoisotopic (exact) mass is 192 g/mol. The van der Waals surface area contributed by atoms with Gasteiger partial charge < -0.3 is 4.98 Å². The third-order valence-corrected chi connectivity index (χ3v) is 2.33. The van der Waals surface area contributed by atoms with Gasteiger partial charge in [0.05, 0.1) is 5.69 Å². The zero-order valence-corrected chi connectivity index (χ0v) is 8.46. The van der Waals surface area contributed by atoms with Gasteiger partial charge in [0.1, 0.15) is 0 Å². The first-order valence-corrected chi connectivity index (χ1v) is 4.39. The Morgan fingerprint density at radius 1 is 1.57 bits per heavy atom. The van der Waals surface area contributed by atoms with Gasteiger partial charge in [-0.3, -0.25) is 4.79 Å². The molecule has 1 aromatic rings. The number of amides is 1. The third-order valence-electron chi connectivity index (χ3n) is 2.33. The molecule has 0 aliphatic heterocycles. The van der Waals surface area contributed by atoms with Crippen molar-refractivity contribution in [1.29, 1.82) is 0 Å². The molecule has 1 aromatic heterocycles. The minimum absolute atomic E-state index is 0.417. The standard InChI is InChI=1S/C9H12N4O/c1-4-7-5(2)6(3)11-8(7)9(14)12-13-10/h11H,4H2,1-3H3. The second kappa shape index (κ2) is 3.98. The van der Waals surface area contributed by atoms with E-state index in [-0.39, 0.29) is 0 Å². The summed E-state index contributed by atoms with van der Waals surface area (Å²) in [4.78, 5) is 16.8. The van der Waals surface area contributed by atoms with Gasteiger partial charge >= 0.3 is 0 Å². The van der Waals surface area contributed by atoms with Crippen LogP contribution in [-0.4, -0.2) is 10.9 Å². The molecule has 0 aromatic carbocycles. The van der Waals surface area contributed by atoms with E-state index in [2.05, 4.69) is 15.0 Å². The molecule has 0 atom stereocenters. The molecule has 14 heavy (non-hydrogen) atoms. The first-order valence-electron chi connectivity index (χ1n) is 4.39. The van der Waals surface area contributed by atoms with Crippen LogP contribution in [0.5, 0.6) is 0 Å². The van der Waals surface area contributed by atoms with Crippen molar-refractivity contribution < 1.29 is 4.79 Å². The molecule has 1 N–H and O–H groups in total. The largest absolute Gasteiger partial charge is 0.356 e. The zero-order chi connectivity index (χ0) is 10.7. The molecule has 0 saturated carbocycles. The molecule has 5 heteroatoms. The summed E-state index contributed by atoms with van der Waals surface area (Å²) in [7, 11) is 0. The van der Waals surface area contributed by atoms with Gasteiger partial charge in [-0.15, -0.1) is 0 Å². The van der Waals surface area contributed by atoms with Crippen molar-refractivity contribution in [2.45, 2.75) is 27.2 Å². The first-order chi connectivity index (χ1) is 6.61. The summed E-state index contributed by atoms with van der Waals surface area (Å²) in [6, 6.07) is 0. The number of nitrogens with one attached hydrogen (secondary N) is 1. The molecule has 1 rings (SSSR count). The number of aromatic nitrogens is 1. The zero-order valence-electron chi connectivity index (χ0n) is 8.46. The van der Waals surface area contributed by atoms with E-state index in [4.69, 9.17) is 5.53 Å². The van der Waals surface area contributed by atoms with Gasteiger partial charge in [0.25, 0.3) is 5.91 Å². The number of aryl methyl sites for hydroxylation is 1. The summed E-state index contributed by atoms with van der Waals surface area (Å²) >= 11 is 0. The van der Waals surface area contributed by atoms with Crippen molar-refractivity contribution >= 4 is 5.91 Å². The molecule has 0 saturated heterocycles. The van der Waals surface area contributed by atoms with Crippen molar-refractivity contribution in [3.8, 4) is 0 Å². The Hall–Kier alpha value is -1.74. The maximum absolute atomic E-state index is 11.3. The van der Waals surface area contributed by atoms with Crippen LogP contribution in [0.15, 0.2) is 5.11 Å². The molecular weight excluding hydrogens is 180 g/mol. The molecule has 0 aliphatic rings. The molecule has 0 spiro atoms. The van der Waals surface area contributed by atoms with E-state index in [0.29, 0.717) is 5.69 Å². The van der Waals surface area contributed by atoms with Gasteiger partial charge in [-0.25, -0.2) is 0 Å². The summed E-state index contributed by atoms with van der Waals surface area (Å²) in [5, 5.41) is 3.07. The van der Waals surface area contributed by atoms with Gasteiger partial charge in [0.15, 0.2) is 0 Å². The van der Waals surface area contributed by atoms with Gasteiger partial charge in [-0.2, -0.15) is 0 Å². The smallest absolute Gasteiger partial charge is 0.265 e. The maximum Gasteiger partial charge on any atom is 0.265 e. The molecule has 0 bridgehead atoms. The number of rotatable bonds is 2. The fourth-order valence-electron chi connectivity index (χ4n) is 1.49. The lowest BCUT2D eigenvalue weighted by molar-refractivity contribution is 0.0995. The van der Waals surface area contributed by atoms with Crippen molar-refractivity contribution in [3.05, 3.63) is 33.0 Å². The fraction of sp³-hybridized carbons (Fsp3) is 0.444. The fourth-order valence-corrected chi connectivity index (χ4v) is 1.49. The lowest BCUT2D eigenvalue weighted by Crippen LogP contribution is -1.98. The van der Waals surface area contributed by atoms with Gasteiger partial charge in [0, 0.05) is 10.6 Å². The number of carbonyl (C=O) groups is 1. The molecule has 0 radical (unpaired) electrons. The predicted molar refractivity (Wildman–Crippen MR) is 53.1 cm³/mol. The van der Waals surface area contributed by atoms with Crippen LogP contribution in [0.2, 0.25) is 0 Å². The highest BCUT2D eigenvalue weighted by Crippen LogP contribution is 2.19. The Morgan fingerprint density at radius 2 is 2.21 bits per heavy atom. The highest BCUT2D eigenvalue weighted by molar-refractivity contribution is 5.95. The molecule has 0 unspecified atom stereocenters. The number of hydrogen-bond donors (Lipinski definition) is 1. The van der Waals surface area contributed by atoms with E-state index in [9.17, 15) is 4.79 Å². The van der Waals surface area contributed by atoms with E-state index in [1.54, 1.807) is 0 Å². The minimum Gasteiger partial charge on any atom is -0.356 e. The van der Waals surface area contributed by atoms with Crippen LogP contribution in [0.25, 0.3) is 10.4 Å². The van der Waals surface area contributed by atoms with Crippen LogP contribution in [-0.2, 0) is 6.42 Å². The van der Waals surface area contributed by atoms with Crippen LogP contribution in [0, 0.1) is 13.8 Å². The summed E-state index contributed by atoms with van der Waals surface area (Å²) in [6.07, 6.45) is 0.748. The minimum atomic E-state index is -0.541. The van der Waals surface area contributed by atoms with E-state index in [1.165, 1.54) is 0 Å². The molecule has 1 amide bonds. The number of aromatic amines is 1. The molecule has 74 valence electrons. The van der Waals surface area contributed by atoms with E-state index in [1.807, 2.05) is 20.8 Å². The average molecular weight is 192 g/mol. The van der Waals surface area contributed by atoms with Crippen molar-refractivity contribution in [2.75, 3.05) is 0 Å². The molecule has 0 fully saturated rings. The van der Waals surface area contributed by atoms with Crippen LogP contribution in [0.4, 0.5) is 0 Å². The first kappa shape index (κ1) is 10.3. The third kappa shape index (κ3) is 1.63. The van der Waals surface area contributed by atoms with Crippen LogP contribution >= 0.6 is 0 Å². The lowest BCUT2D eigenvalue weighted by atomic mass is 10.1. The van der Waals surface area contributed by atoms with E-state index >= 15 is 0 Å². The van der Waals surface area contributed by atoms with Gasteiger partial charge in [-0.05, 0) is 42.0 Å². The SMILES string of the molecule is CCc1c(C(=O)N=[N+]=[N-])[nH]c(C)c1C. The number of nitrogens with zero attached hydrogens (tertiary/aromatic N) is 3. The second-order valence-electron chi connectivity index (χ2n) is 3.08. The maximum atomic E-state index is 11.3. The number of carbonyl (C=O) groups excluding carboxylic acids is 1. The predicted octanol–water partition coefficient (Wildman–Crippen LogP) is 2.64. The second-order valence-corrected chi connectivity index (χ2v) is 3.08. The Balaban J connectivity index is 3.27. The normalized spacial score (nSPS) is 9.64. The molecule has 1 heterocycles. The summed E-state index contributed by atoms with van der Waals surface area (Å²) < 4.78 is 0. The summed E-state index contributed by atoms with van der Waals surface area (Å²) in [5.74, 6) is -0.541. The van der Waals surface area contributed by atoms with Crippen LogP contribution in [0.1, 0.15) is 34.2 Å². The number of H-pyrrole nitrogens is 1. The molecule has 0 aliphatic carbocycles. The average Bonchev–Trinajstić information content (AvgIpc) is 2.44. The molecule has 5 nitrogen and oxygen atoms in total. The lowest BCUT2D eigenvalue weighted by Gasteiger charge is -1.96. The summed E-state index contributed by atoms with van der Waals surface area (Å²) in [5.41, 5.74) is 11.5. The Bertz CT molecular complexity index is 413. The number of hydrogen-bond acceptors (Lipinski definition) is 1. The van der Waals surface area contributed by atoms with Crippen molar-refractivity contribution in [1.82, 2.24) is 4.98 Å². The van der Waals surface area contributed by atoms with Gasteiger partial charge in [-0.1, -0.05) is 6.92 Å². The quantitative estimate of drug-likeness (QED) is 0.436. The van der Waals surface area contributed by atoms with E-state index < -0.39 is 5.91 Å². The summed E-state index contributed by atoms with van der Waals surface area (Å²) in [6.45, 7) is 5.79. The Morgan fingerprint density at radius 3 is 2.71 bits per heavy atom. The molecular formula is C9H12N4O. The topological polar surface area (TPSA) is 81.6 Å². The van der Waals surface area contributed by atoms with Gasteiger partial charge in [0.2, 0.25) is 0 Å². The van der Waals surface area contributed by atoms with Crippen molar-refractivity contribution in [2.24, 2.45) is 5.11 Å². The Labute approximate surface area is 81.8 Å². The number of azide groups is 1. The van der Waals surface area contributed by atoms with Crippen LogP contribution < -0.4 is 0 Å².